The van der Waals surface area contributed by atoms with Crippen molar-refractivity contribution in [2.75, 3.05) is 6.54 Å². The van der Waals surface area contributed by atoms with Crippen LogP contribution in [0.3, 0.4) is 0 Å². The molecule has 2 rings (SSSR count). The number of pyridine rings is 1. The molecule has 1 heterocycles. The number of hydrogen-bond acceptors (Lipinski definition) is 3. The first kappa shape index (κ1) is 14.8. The molecule has 4 heteroatoms. The van der Waals surface area contributed by atoms with Crippen LogP contribution in [0.5, 0.6) is 5.75 Å². The van der Waals surface area contributed by atoms with Crippen molar-refractivity contribution in [3.8, 4) is 5.75 Å². The highest BCUT2D eigenvalue weighted by Crippen LogP contribution is 2.23. The highest BCUT2D eigenvalue weighted by molar-refractivity contribution is 6.30. The maximum Gasteiger partial charge on any atom is 0.140 e. The van der Waals surface area contributed by atoms with Crippen molar-refractivity contribution >= 4 is 11.6 Å². The summed E-state index contributed by atoms with van der Waals surface area (Å²) in [6.45, 7) is 4.96. The highest BCUT2D eigenvalue weighted by atomic mass is 35.5. The molecule has 1 unspecified atom stereocenters. The molecule has 0 amide bonds. The average molecular weight is 291 g/mol. The second-order valence-corrected chi connectivity index (χ2v) is 5.36. The van der Waals surface area contributed by atoms with Gasteiger partial charge >= 0.3 is 0 Å². The van der Waals surface area contributed by atoms with Gasteiger partial charge in [-0.15, -0.1) is 0 Å². The normalized spacial score (nSPS) is 12.4. The van der Waals surface area contributed by atoms with Gasteiger partial charge in [0.1, 0.15) is 11.9 Å². The van der Waals surface area contributed by atoms with E-state index in [9.17, 15) is 0 Å². The highest BCUT2D eigenvalue weighted by Gasteiger charge is 2.14. The maximum atomic E-state index is 6.02. The number of aromatic nitrogens is 1. The number of hydrogen-bond donors (Lipinski definition) is 1. The molecule has 0 radical (unpaired) electrons. The summed E-state index contributed by atoms with van der Waals surface area (Å²) in [6.07, 6.45) is 3.20. The number of benzene rings is 1. The third kappa shape index (κ3) is 4.51. The van der Waals surface area contributed by atoms with E-state index < -0.39 is 0 Å². The average Bonchev–Trinajstić information content (AvgIpc) is 2.44. The van der Waals surface area contributed by atoms with Crippen molar-refractivity contribution in [1.29, 1.82) is 0 Å². The standard InChI is InChI=1S/C16H19ClN2O/c1-12(2)19-11-16(13-6-4-3-5-7-13)20-15-8-14(17)9-18-10-15/h3-10,12,16,19H,11H2,1-2H3. The Hall–Kier alpha value is -1.58. The minimum Gasteiger partial charge on any atom is -0.483 e. The summed E-state index contributed by atoms with van der Waals surface area (Å²) in [4.78, 5) is 4.05. The quantitative estimate of drug-likeness (QED) is 0.877. The molecule has 0 spiro atoms. The predicted molar refractivity (Wildman–Crippen MR) is 82.2 cm³/mol. The van der Waals surface area contributed by atoms with Gasteiger partial charge in [-0.25, -0.2) is 0 Å². The molecule has 1 N–H and O–H groups in total. The van der Waals surface area contributed by atoms with Gasteiger partial charge in [-0.05, 0) is 5.56 Å². The molecule has 0 aliphatic heterocycles. The molecule has 0 aliphatic carbocycles. The monoisotopic (exact) mass is 290 g/mol. The molecular formula is C16H19ClN2O. The lowest BCUT2D eigenvalue weighted by Gasteiger charge is -2.21. The van der Waals surface area contributed by atoms with Crippen molar-refractivity contribution in [1.82, 2.24) is 10.3 Å². The van der Waals surface area contributed by atoms with E-state index in [4.69, 9.17) is 16.3 Å². The van der Waals surface area contributed by atoms with Gasteiger partial charge in [0.2, 0.25) is 0 Å². The lowest BCUT2D eigenvalue weighted by molar-refractivity contribution is 0.197. The van der Waals surface area contributed by atoms with Gasteiger partial charge in [0.15, 0.2) is 0 Å². The summed E-state index contributed by atoms with van der Waals surface area (Å²) in [5.74, 6) is 0.678. The Morgan fingerprint density at radius 1 is 1.20 bits per heavy atom. The minimum absolute atomic E-state index is 0.0705. The zero-order valence-corrected chi connectivity index (χ0v) is 12.5. The second kappa shape index (κ2) is 7.27. The van der Waals surface area contributed by atoms with Crippen LogP contribution in [0.2, 0.25) is 5.02 Å². The fraction of sp³-hybridized carbons (Fsp3) is 0.312. The van der Waals surface area contributed by atoms with Crippen LogP contribution in [0.4, 0.5) is 0 Å². The van der Waals surface area contributed by atoms with Crippen LogP contribution < -0.4 is 10.1 Å². The van der Waals surface area contributed by atoms with Crippen LogP contribution in [0, 0.1) is 0 Å². The summed E-state index contributed by atoms with van der Waals surface area (Å²) in [5.41, 5.74) is 1.13. The first-order valence-corrected chi connectivity index (χ1v) is 7.08. The fourth-order valence-corrected chi connectivity index (χ4v) is 2.02. The van der Waals surface area contributed by atoms with Gasteiger partial charge in [-0.1, -0.05) is 55.8 Å². The molecule has 106 valence electrons. The number of nitrogens with zero attached hydrogens (tertiary/aromatic N) is 1. The van der Waals surface area contributed by atoms with E-state index in [2.05, 4.69) is 36.3 Å². The van der Waals surface area contributed by atoms with Crippen LogP contribution in [-0.2, 0) is 0 Å². The SMILES string of the molecule is CC(C)NCC(Oc1cncc(Cl)c1)c1ccccc1. The molecule has 0 fully saturated rings. The minimum atomic E-state index is -0.0705. The largest absolute Gasteiger partial charge is 0.483 e. The molecule has 0 aliphatic rings. The van der Waals surface area contributed by atoms with E-state index in [1.807, 2.05) is 18.2 Å². The summed E-state index contributed by atoms with van der Waals surface area (Å²) in [6, 6.07) is 12.3. The van der Waals surface area contributed by atoms with Crippen molar-refractivity contribution in [2.24, 2.45) is 0 Å². The topological polar surface area (TPSA) is 34.1 Å². The molecule has 0 bridgehead atoms. The van der Waals surface area contributed by atoms with Crippen LogP contribution in [0.25, 0.3) is 0 Å². The first-order valence-electron chi connectivity index (χ1n) is 6.70. The lowest BCUT2D eigenvalue weighted by Crippen LogP contribution is -2.30. The Morgan fingerprint density at radius 2 is 1.95 bits per heavy atom. The van der Waals surface area contributed by atoms with Crippen molar-refractivity contribution in [3.63, 3.8) is 0 Å². The van der Waals surface area contributed by atoms with Gasteiger partial charge in [0.05, 0.1) is 11.2 Å². The van der Waals surface area contributed by atoms with Crippen LogP contribution >= 0.6 is 11.6 Å². The smallest absolute Gasteiger partial charge is 0.140 e. The Kier molecular flexibility index (Phi) is 5.39. The molecule has 1 atom stereocenters. The molecular weight excluding hydrogens is 272 g/mol. The van der Waals surface area contributed by atoms with E-state index in [-0.39, 0.29) is 6.10 Å². The Bertz CT molecular complexity index is 531. The van der Waals surface area contributed by atoms with Gasteiger partial charge in [-0.2, -0.15) is 0 Å². The van der Waals surface area contributed by atoms with Gasteiger partial charge in [0, 0.05) is 24.8 Å². The summed E-state index contributed by atoms with van der Waals surface area (Å²) in [5, 5.41) is 3.98. The van der Waals surface area contributed by atoms with Crippen molar-refractivity contribution < 1.29 is 4.74 Å². The summed E-state index contributed by atoms with van der Waals surface area (Å²) < 4.78 is 6.02. The van der Waals surface area contributed by atoms with Gasteiger partial charge in [0.25, 0.3) is 0 Å². The zero-order chi connectivity index (χ0) is 14.4. The molecule has 1 aromatic heterocycles. The molecule has 0 saturated heterocycles. The van der Waals surface area contributed by atoms with Crippen LogP contribution in [0.1, 0.15) is 25.5 Å². The molecule has 2 aromatic rings. The number of rotatable bonds is 6. The van der Waals surface area contributed by atoms with Crippen LogP contribution in [-0.4, -0.2) is 17.6 Å². The molecule has 1 aromatic carbocycles. The van der Waals surface area contributed by atoms with Crippen LogP contribution in [0.15, 0.2) is 48.8 Å². The maximum absolute atomic E-state index is 6.02. The fourth-order valence-electron chi connectivity index (χ4n) is 1.86. The third-order valence-electron chi connectivity index (χ3n) is 2.84. The molecule has 0 saturated carbocycles. The zero-order valence-electron chi connectivity index (χ0n) is 11.7. The number of nitrogens with one attached hydrogen (secondary N) is 1. The van der Waals surface area contributed by atoms with E-state index in [1.165, 1.54) is 0 Å². The van der Waals surface area contributed by atoms with E-state index in [0.29, 0.717) is 16.8 Å². The summed E-state index contributed by atoms with van der Waals surface area (Å²) in [7, 11) is 0. The second-order valence-electron chi connectivity index (χ2n) is 4.92. The van der Waals surface area contributed by atoms with Crippen molar-refractivity contribution in [2.45, 2.75) is 26.0 Å². The van der Waals surface area contributed by atoms with Crippen molar-refractivity contribution in [3.05, 3.63) is 59.4 Å². The first-order chi connectivity index (χ1) is 9.65. The summed E-state index contributed by atoms with van der Waals surface area (Å²) >= 11 is 5.94. The van der Waals surface area contributed by atoms with Gasteiger partial charge in [-0.3, -0.25) is 4.98 Å². The van der Waals surface area contributed by atoms with Gasteiger partial charge < -0.3 is 10.1 Å². The number of ether oxygens (including phenoxy) is 1. The Labute approximate surface area is 124 Å². The Morgan fingerprint density at radius 3 is 2.60 bits per heavy atom. The molecule has 3 nitrogen and oxygen atoms in total. The third-order valence-corrected chi connectivity index (χ3v) is 3.05. The van der Waals surface area contributed by atoms with E-state index >= 15 is 0 Å². The van der Waals surface area contributed by atoms with E-state index in [1.54, 1.807) is 18.5 Å². The number of halogens is 1. The molecule has 20 heavy (non-hydrogen) atoms. The Balaban J connectivity index is 2.14. The predicted octanol–water partition coefficient (Wildman–Crippen LogP) is 3.85. The lowest BCUT2D eigenvalue weighted by atomic mass is 10.1. The van der Waals surface area contributed by atoms with E-state index in [0.717, 1.165) is 12.1 Å².